The van der Waals surface area contributed by atoms with E-state index >= 15 is 9.59 Å². The second-order valence-electron chi connectivity index (χ2n) is 24.4. The van der Waals surface area contributed by atoms with Crippen LogP contribution in [0.15, 0.2) is 5.16 Å². The van der Waals surface area contributed by atoms with Gasteiger partial charge in [0.1, 0.15) is 43.7 Å². The van der Waals surface area contributed by atoms with Crippen LogP contribution in [0.4, 0.5) is 0 Å². The third-order valence-electron chi connectivity index (χ3n) is 15.5. The number of hydrogen-bond donors (Lipinski definition) is 2. The maximum absolute atomic E-state index is 15.5. The van der Waals surface area contributed by atoms with E-state index in [9.17, 15) is 19.8 Å². The van der Waals surface area contributed by atoms with Crippen molar-refractivity contribution < 1.29 is 86.3 Å². The maximum Gasteiger partial charge on any atom is 0.311 e. The summed E-state index contributed by atoms with van der Waals surface area (Å²) in [4.78, 5) is 65.4. The zero-order chi connectivity index (χ0) is 57.3. The van der Waals surface area contributed by atoms with Crippen molar-refractivity contribution in [2.75, 3.05) is 41.0 Å². The number of esters is 3. The summed E-state index contributed by atoms with van der Waals surface area (Å²) in [6.45, 7) is 32.7. The lowest BCUT2D eigenvalue weighted by atomic mass is 9.74. The fourth-order valence-corrected chi connectivity index (χ4v) is 11.8. The molecule has 0 aliphatic carbocycles. The van der Waals surface area contributed by atoms with Gasteiger partial charge in [-0.25, -0.2) is 0 Å². The normalized spacial score (nSPS) is 40.9. The number of aliphatic hydroxyl groups is 2. The Kier molecular flexibility index (Phi) is 24.6. The van der Waals surface area contributed by atoms with E-state index in [2.05, 4.69) is 37.8 Å². The topological polar surface area (TPSA) is 235 Å². The number of carbonyl (C=O) groups is 4. The minimum absolute atomic E-state index is 0.00602. The molecule has 0 saturated carbocycles. The number of ether oxygens (including phenoxy) is 11. The molecule has 0 bridgehead atoms. The number of ketones is 1. The summed E-state index contributed by atoms with van der Waals surface area (Å²) in [6, 6.07) is 0.0112. The fourth-order valence-electron chi connectivity index (χ4n) is 11.8. The monoisotopic (exact) mass is 1090 g/mol. The van der Waals surface area contributed by atoms with E-state index in [0.717, 1.165) is 6.54 Å². The van der Waals surface area contributed by atoms with Crippen molar-refractivity contribution in [2.24, 2.45) is 52.0 Å². The molecule has 4 heterocycles. The molecule has 440 valence electrons. The van der Waals surface area contributed by atoms with Crippen molar-refractivity contribution in [3.63, 3.8) is 0 Å². The molecule has 0 radical (unpaired) electrons. The average molecular weight is 1090 g/mol. The minimum atomic E-state index is -1.85. The number of hydrogen-bond acceptors (Lipinski definition) is 20. The third-order valence-corrected chi connectivity index (χ3v) is 15.5. The summed E-state index contributed by atoms with van der Waals surface area (Å²) in [5.74, 6) is -7.81. The van der Waals surface area contributed by atoms with Gasteiger partial charge in [0.15, 0.2) is 30.3 Å². The molecule has 4 rings (SSSR count). The van der Waals surface area contributed by atoms with Crippen LogP contribution in [0.5, 0.6) is 0 Å². The SMILES string of the molecule is CO/N=C1\C[C@@H](C)O[C@@H](O[C@@H]2[C@@H](C)[C@H](O[C@H]3C[C@@H](C)N(CC(C)(C)C)C[C@H](C)O3)[C@@H](C)C(=O)O[C@H]([C@@H](C)CO[C@@H]3O[C@H](C)[C@@H](O)[C@@H](OC)[C@H]3OC)[C@H](C)[C@@H](OC(=O)CC(C)C)[C@@H](C)C(=O)[C@@](C)(OC(C)=O)C[C@@H]2C)[C@@H]1O. The molecule has 0 aromatic heterocycles. The summed E-state index contributed by atoms with van der Waals surface area (Å²) in [5, 5.41) is 26.7. The zero-order valence-corrected chi connectivity index (χ0v) is 49.5. The van der Waals surface area contributed by atoms with Crippen molar-refractivity contribution in [2.45, 2.75) is 241 Å². The van der Waals surface area contributed by atoms with Crippen molar-refractivity contribution in [1.29, 1.82) is 0 Å². The van der Waals surface area contributed by atoms with E-state index in [1.807, 2.05) is 48.5 Å². The molecule has 4 fully saturated rings. The Hall–Kier alpha value is -2.89. The highest BCUT2D eigenvalue weighted by Crippen LogP contribution is 2.41. The van der Waals surface area contributed by atoms with Crippen molar-refractivity contribution in [3.8, 4) is 0 Å². The van der Waals surface area contributed by atoms with Gasteiger partial charge in [0, 0.05) is 77.3 Å². The Morgan fingerprint density at radius 2 is 1.46 bits per heavy atom. The predicted molar refractivity (Wildman–Crippen MR) is 280 cm³/mol. The summed E-state index contributed by atoms with van der Waals surface area (Å²) < 4.78 is 70.1. The Labute approximate surface area is 453 Å². The number of oxime groups is 1. The van der Waals surface area contributed by atoms with Gasteiger partial charge < -0.3 is 67.2 Å². The van der Waals surface area contributed by atoms with Crippen LogP contribution in [-0.4, -0.2) is 183 Å². The number of aliphatic hydroxyl groups excluding tert-OH is 2. The molecular formula is C56H98N2O18. The van der Waals surface area contributed by atoms with Crippen LogP contribution < -0.4 is 0 Å². The van der Waals surface area contributed by atoms with Gasteiger partial charge in [-0.15, -0.1) is 0 Å². The van der Waals surface area contributed by atoms with E-state index in [1.165, 1.54) is 28.3 Å². The van der Waals surface area contributed by atoms with Gasteiger partial charge in [0.2, 0.25) is 0 Å². The second kappa shape index (κ2) is 28.5. The van der Waals surface area contributed by atoms with Crippen molar-refractivity contribution >= 4 is 29.4 Å². The van der Waals surface area contributed by atoms with Crippen LogP contribution in [0.3, 0.4) is 0 Å². The molecule has 4 aliphatic rings. The molecule has 2 N–H and O–H groups in total. The highest BCUT2D eigenvalue weighted by molar-refractivity contribution is 5.91. The molecule has 4 aliphatic heterocycles. The van der Waals surface area contributed by atoms with Crippen LogP contribution in [0.1, 0.15) is 143 Å². The highest BCUT2D eigenvalue weighted by Gasteiger charge is 2.52. The first kappa shape index (κ1) is 65.6. The van der Waals surface area contributed by atoms with Crippen LogP contribution in [0.25, 0.3) is 0 Å². The molecule has 22 atom stereocenters. The molecular weight excluding hydrogens is 989 g/mol. The van der Waals surface area contributed by atoms with Gasteiger partial charge in [0.05, 0.1) is 54.7 Å². The lowest BCUT2D eigenvalue weighted by Crippen LogP contribution is -2.59. The standard InChI is InChI=1S/C56H98N2O18/c1-28(2)21-41(60)72-47-35(9)46(30(4)26-68-54-50(66-19)49(65-18)43(61)38(12)71-54)74-52(64)37(11)48(73-42-22-31(5)58(25-33(7)69-42)27-55(14,15)16)34(8)45(75-53-44(62)40(57-67-20)23-32(6)70-53)29(3)24-56(17,76-39(13)59)51(63)36(47)10/h28-38,42-50,53-54,61-62H,21-27H2,1-20H3/b57-40+/t29-,30-,31+,32+,33-,34+,35-,36+,37+,38+,42-,43+,44+,45-,46+,47+,48-,49+,50+,53-,54+,56-/m0/s1. The molecule has 76 heavy (non-hydrogen) atoms. The summed E-state index contributed by atoms with van der Waals surface area (Å²) in [7, 11) is 4.30. The van der Waals surface area contributed by atoms with E-state index in [0.29, 0.717) is 18.7 Å². The highest BCUT2D eigenvalue weighted by atomic mass is 16.7. The van der Waals surface area contributed by atoms with Crippen molar-refractivity contribution in [1.82, 2.24) is 4.90 Å². The number of carbonyl (C=O) groups excluding carboxylic acids is 4. The first-order chi connectivity index (χ1) is 35.4. The van der Waals surface area contributed by atoms with Gasteiger partial charge in [-0.3, -0.25) is 24.1 Å². The summed E-state index contributed by atoms with van der Waals surface area (Å²) in [6.07, 6.45) is -12.3. The molecule has 4 saturated heterocycles. The minimum Gasteiger partial charge on any atom is -0.461 e. The second-order valence-corrected chi connectivity index (χ2v) is 24.4. The van der Waals surface area contributed by atoms with Gasteiger partial charge in [0.25, 0.3) is 0 Å². The molecule has 0 aromatic carbocycles. The molecule has 0 amide bonds. The number of nitrogens with zero attached hydrogens (tertiary/aromatic N) is 2. The lowest BCUT2D eigenvalue weighted by Gasteiger charge is -2.45. The number of cyclic esters (lactones) is 1. The number of Topliss-reactive ketones (excluding diaryl/α,β-unsaturated/α-hetero) is 1. The van der Waals surface area contributed by atoms with Crippen LogP contribution in [0, 0.1) is 46.8 Å². The molecule has 0 aromatic rings. The average Bonchev–Trinajstić information content (AvgIpc) is 3.44. The van der Waals surface area contributed by atoms with Gasteiger partial charge in [-0.1, -0.05) is 74.4 Å². The van der Waals surface area contributed by atoms with E-state index in [1.54, 1.807) is 34.6 Å². The van der Waals surface area contributed by atoms with E-state index < -0.39 is 145 Å². The Bertz CT molecular complexity index is 1900. The molecule has 0 unspecified atom stereocenters. The maximum atomic E-state index is 15.5. The Morgan fingerprint density at radius 1 is 0.816 bits per heavy atom. The largest absolute Gasteiger partial charge is 0.461 e. The Balaban J connectivity index is 1.96. The van der Waals surface area contributed by atoms with Crippen LogP contribution in [-0.2, 0) is 76.1 Å². The van der Waals surface area contributed by atoms with E-state index in [4.69, 9.17) is 56.9 Å². The lowest BCUT2D eigenvalue weighted by molar-refractivity contribution is -0.305. The zero-order valence-electron chi connectivity index (χ0n) is 49.5. The van der Waals surface area contributed by atoms with Gasteiger partial charge in [-0.2, -0.15) is 0 Å². The fraction of sp³-hybridized carbons (Fsp3) is 0.911. The number of methoxy groups -OCH3 is 2. The van der Waals surface area contributed by atoms with E-state index in [-0.39, 0.29) is 49.3 Å². The summed E-state index contributed by atoms with van der Waals surface area (Å²) in [5.41, 5.74) is -1.55. The Morgan fingerprint density at radius 3 is 2.04 bits per heavy atom. The first-order valence-electron chi connectivity index (χ1n) is 27.6. The van der Waals surface area contributed by atoms with Crippen LogP contribution in [0.2, 0.25) is 0 Å². The number of rotatable bonds is 16. The summed E-state index contributed by atoms with van der Waals surface area (Å²) >= 11 is 0. The van der Waals surface area contributed by atoms with Crippen molar-refractivity contribution in [3.05, 3.63) is 0 Å². The van der Waals surface area contributed by atoms with Crippen LogP contribution >= 0.6 is 0 Å². The molecule has 20 heteroatoms. The third kappa shape index (κ3) is 17.3. The van der Waals surface area contributed by atoms with Gasteiger partial charge >= 0.3 is 17.9 Å². The molecule has 20 nitrogen and oxygen atoms in total. The quantitative estimate of drug-likeness (QED) is 0.0986. The molecule has 0 spiro atoms. The van der Waals surface area contributed by atoms with Gasteiger partial charge in [-0.05, 0) is 65.2 Å². The first-order valence-corrected chi connectivity index (χ1v) is 27.6. The smallest absolute Gasteiger partial charge is 0.311 e. The predicted octanol–water partition coefficient (Wildman–Crippen LogP) is 6.26.